The monoisotopic (exact) mass is 898 g/mol. The van der Waals surface area contributed by atoms with Crippen LogP contribution in [0.2, 0.25) is 0 Å². The van der Waals surface area contributed by atoms with E-state index in [0.29, 0.717) is 5.92 Å². The molecule has 12 aromatic rings. The largest absolute Gasteiger partial charge is 0.333 e. The van der Waals surface area contributed by atoms with Crippen molar-refractivity contribution in [2.75, 3.05) is 4.90 Å². The number of allylic oxidation sites excluding steroid dienone is 2. The molecule has 1 aliphatic heterocycles. The zero-order valence-electron chi connectivity index (χ0n) is 39.0. The molecule has 0 bridgehead atoms. The van der Waals surface area contributed by atoms with Crippen molar-refractivity contribution in [3.05, 3.63) is 221 Å². The Morgan fingerprint density at radius 3 is 1.59 bits per heavy atom. The SMILES string of the molecule is Cc1ccnc(-n2c3ccc(N4c5ccccc5C5C=CC=CC54)cc3c3cc4c5c(c32)CCc2cc3c6cc(-n7c8ccccc8c8ccccc87)ccc6n(-c6cc(C)ccn6)c3c(c2-5)CC4)c1. The minimum absolute atomic E-state index is 0.234. The highest BCUT2D eigenvalue weighted by Crippen LogP contribution is 2.53. The summed E-state index contributed by atoms with van der Waals surface area (Å²) in [6, 6.07) is 55.0. The minimum atomic E-state index is 0.234. The Labute approximate surface area is 404 Å². The van der Waals surface area contributed by atoms with Gasteiger partial charge in [0.05, 0.1) is 39.1 Å². The third kappa shape index (κ3) is 5.12. The Kier molecular flexibility index (Phi) is 7.73. The van der Waals surface area contributed by atoms with E-state index in [-0.39, 0.29) is 6.04 Å². The van der Waals surface area contributed by atoms with Gasteiger partial charge in [-0.05, 0) is 181 Å². The van der Waals surface area contributed by atoms with Crippen LogP contribution in [0.25, 0.3) is 93.9 Å². The number of benzene rings is 7. The molecule has 4 aliphatic rings. The van der Waals surface area contributed by atoms with Gasteiger partial charge in [-0.25, -0.2) is 9.97 Å². The van der Waals surface area contributed by atoms with Crippen molar-refractivity contribution in [2.24, 2.45) is 0 Å². The number of aryl methyl sites for hydroxylation is 6. The van der Waals surface area contributed by atoms with Crippen LogP contribution in [0.3, 0.4) is 0 Å². The van der Waals surface area contributed by atoms with Crippen LogP contribution >= 0.6 is 0 Å². The molecule has 0 radical (unpaired) electrons. The fourth-order valence-corrected chi connectivity index (χ4v) is 13.5. The van der Waals surface area contributed by atoms with Crippen LogP contribution in [0.15, 0.2) is 182 Å². The zero-order valence-corrected chi connectivity index (χ0v) is 39.0. The summed E-state index contributed by atoms with van der Waals surface area (Å²) in [6.07, 6.45) is 17.0. The molecular formula is C64H46N6. The predicted molar refractivity (Wildman–Crippen MR) is 288 cm³/mol. The molecular weight excluding hydrogens is 853 g/mol. The molecule has 5 aromatic heterocycles. The van der Waals surface area contributed by atoms with Crippen LogP contribution in [0.5, 0.6) is 0 Å². The highest BCUT2D eigenvalue weighted by molar-refractivity contribution is 6.17. The fraction of sp³-hybridized carbons (Fsp3) is 0.125. The van der Waals surface area contributed by atoms with Crippen molar-refractivity contribution in [3.63, 3.8) is 0 Å². The van der Waals surface area contributed by atoms with E-state index in [1.54, 1.807) is 0 Å². The number of hydrogen-bond donors (Lipinski definition) is 0. The Hall–Kier alpha value is -8.48. The Morgan fingerprint density at radius 2 is 0.971 bits per heavy atom. The third-order valence-electron chi connectivity index (χ3n) is 16.3. The quantitative estimate of drug-likeness (QED) is 0.177. The van der Waals surface area contributed by atoms with Crippen molar-refractivity contribution >= 4 is 76.8 Å². The van der Waals surface area contributed by atoms with Crippen molar-refractivity contribution in [2.45, 2.75) is 51.5 Å². The maximum Gasteiger partial charge on any atom is 0.137 e. The van der Waals surface area contributed by atoms with Crippen LogP contribution in [0, 0.1) is 13.8 Å². The molecule has 70 heavy (non-hydrogen) atoms. The number of pyridine rings is 2. The van der Waals surface area contributed by atoms with E-state index in [2.05, 4.69) is 202 Å². The molecule has 6 nitrogen and oxygen atoms in total. The first kappa shape index (κ1) is 38.5. The molecule has 2 unspecified atom stereocenters. The molecule has 332 valence electrons. The second-order valence-corrected chi connectivity index (χ2v) is 20.1. The van der Waals surface area contributed by atoms with Gasteiger partial charge in [0.15, 0.2) is 0 Å². The summed E-state index contributed by atoms with van der Waals surface area (Å²) in [7, 11) is 0. The molecule has 0 saturated heterocycles. The number of rotatable bonds is 4. The van der Waals surface area contributed by atoms with Crippen molar-refractivity contribution in [3.8, 4) is 28.5 Å². The van der Waals surface area contributed by atoms with E-state index in [0.717, 1.165) is 37.3 Å². The van der Waals surface area contributed by atoms with Gasteiger partial charge in [0.25, 0.3) is 0 Å². The molecule has 3 aliphatic carbocycles. The number of para-hydroxylation sites is 3. The number of fused-ring (bicyclic) bond motifs is 14. The molecule has 7 aromatic carbocycles. The lowest BCUT2D eigenvalue weighted by molar-refractivity contribution is 0.745. The summed E-state index contributed by atoms with van der Waals surface area (Å²) in [5.74, 6) is 2.26. The van der Waals surface area contributed by atoms with Crippen LogP contribution in [0.4, 0.5) is 11.4 Å². The second-order valence-electron chi connectivity index (χ2n) is 20.1. The van der Waals surface area contributed by atoms with E-state index in [1.165, 1.54) is 133 Å². The summed E-state index contributed by atoms with van der Waals surface area (Å²) in [5.41, 5.74) is 23.5. The highest BCUT2D eigenvalue weighted by atomic mass is 15.2. The fourth-order valence-electron chi connectivity index (χ4n) is 13.5. The van der Waals surface area contributed by atoms with E-state index in [1.807, 2.05) is 12.4 Å². The molecule has 0 N–H and O–H groups in total. The van der Waals surface area contributed by atoms with E-state index < -0.39 is 0 Å². The van der Waals surface area contributed by atoms with Gasteiger partial charge in [-0.15, -0.1) is 0 Å². The average Bonchev–Trinajstić information content (AvgIpc) is 4.12. The standard InChI is InChI=1S/C64H46N6/c1-37-27-29-65-59(31-37)69-57-25-21-41(67-53-15-7-3-11-43(53)44-12-4-8-16-54(44)67)35-49(57)51-33-39-20-24-48-62-40(19-23-47(61(39)62)63(51)69)34-52-50-36-42(22-26-58(50)70(64(48)52)60-32-38(2)28-30-66-60)68-55-17-9-5-13-45(55)46-14-6-10-18-56(46)68/h3-18,21-22,25-36,43,53H,19-20,23-24H2,1-2H3. The topological polar surface area (TPSA) is 43.8 Å². The number of nitrogens with zero attached hydrogens (tertiary/aromatic N) is 6. The van der Waals surface area contributed by atoms with Gasteiger partial charge >= 0.3 is 0 Å². The van der Waals surface area contributed by atoms with Gasteiger partial charge in [0.1, 0.15) is 11.6 Å². The van der Waals surface area contributed by atoms with Gasteiger partial charge in [0, 0.05) is 67.7 Å². The molecule has 6 heteroatoms. The van der Waals surface area contributed by atoms with Crippen LogP contribution in [0.1, 0.15) is 44.9 Å². The van der Waals surface area contributed by atoms with Gasteiger partial charge in [0.2, 0.25) is 0 Å². The second kappa shape index (κ2) is 14.1. The lowest BCUT2D eigenvalue weighted by Crippen LogP contribution is -2.28. The lowest BCUT2D eigenvalue weighted by atomic mass is 9.74. The minimum Gasteiger partial charge on any atom is -0.333 e. The molecule has 0 amide bonds. The summed E-state index contributed by atoms with van der Waals surface area (Å²) < 4.78 is 7.42. The van der Waals surface area contributed by atoms with E-state index >= 15 is 0 Å². The van der Waals surface area contributed by atoms with Gasteiger partial charge < -0.3 is 9.47 Å². The first-order chi connectivity index (χ1) is 34.6. The zero-order chi connectivity index (χ0) is 45.9. The maximum absolute atomic E-state index is 5.11. The molecule has 2 atom stereocenters. The third-order valence-corrected chi connectivity index (χ3v) is 16.3. The predicted octanol–water partition coefficient (Wildman–Crippen LogP) is 15.0. The summed E-state index contributed by atoms with van der Waals surface area (Å²) in [4.78, 5) is 12.8. The molecule has 0 saturated carbocycles. The Bertz CT molecular complexity index is 4310. The van der Waals surface area contributed by atoms with Crippen molar-refractivity contribution in [1.82, 2.24) is 23.7 Å². The molecule has 0 spiro atoms. The smallest absolute Gasteiger partial charge is 0.137 e. The van der Waals surface area contributed by atoms with Crippen molar-refractivity contribution < 1.29 is 0 Å². The molecule has 0 fully saturated rings. The number of aromatic nitrogens is 5. The number of hydrogen-bond acceptors (Lipinski definition) is 3. The van der Waals surface area contributed by atoms with Gasteiger partial charge in [-0.3, -0.25) is 9.13 Å². The molecule has 6 heterocycles. The van der Waals surface area contributed by atoms with Crippen molar-refractivity contribution in [1.29, 1.82) is 0 Å². The van der Waals surface area contributed by atoms with Crippen LogP contribution in [-0.4, -0.2) is 29.7 Å². The van der Waals surface area contributed by atoms with E-state index in [4.69, 9.17) is 9.97 Å². The Balaban J connectivity index is 0.959. The molecule has 16 rings (SSSR count). The Morgan fingerprint density at radius 1 is 0.443 bits per heavy atom. The average molecular weight is 899 g/mol. The van der Waals surface area contributed by atoms with Gasteiger partial charge in [-0.1, -0.05) is 78.9 Å². The van der Waals surface area contributed by atoms with Crippen LogP contribution in [-0.2, 0) is 25.7 Å². The lowest BCUT2D eigenvalue weighted by Gasteiger charge is -2.31. The normalized spacial score (nSPS) is 16.6. The van der Waals surface area contributed by atoms with E-state index in [9.17, 15) is 0 Å². The summed E-state index contributed by atoms with van der Waals surface area (Å²) >= 11 is 0. The maximum atomic E-state index is 5.11. The highest BCUT2D eigenvalue weighted by Gasteiger charge is 2.38. The van der Waals surface area contributed by atoms with Gasteiger partial charge in [-0.2, -0.15) is 0 Å². The number of anilines is 2. The first-order valence-electron chi connectivity index (χ1n) is 24.9. The summed E-state index contributed by atoms with van der Waals surface area (Å²) in [5, 5.41) is 7.71. The van der Waals surface area contributed by atoms with Crippen LogP contribution < -0.4 is 4.90 Å². The first-order valence-corrected chi connectivity index (χ1v) is 24.9. The summed E-state index contributed by atoms with van der Waals surface area (Å²) in [6.45, 7) is 4.35.